The maximum Gasteiger partial charge on any atom is 0.0320 e. The first-order valence-corrected chi connectivity index (χ1v) is 5.06. The van der Waals surface area contributed by atoms with Crippen LogP contribution in [0.5, 0.6) is 0 Å². The van der Waals surface area contributed by atoms with Gasteiger partial charge < -0.3 is 5.73 Å². The average Bonchev–Trinajstić information content (AvgIpc) is 2.07. The van der Waals surface area contributed by atoms with Gasteiger partial charge in [0.1, 0.15) is 0 Å². The van der Waals surface area contributed by atoms with Crippen LogP contribution in [0.15, 0.2) is 30.3 Å². The first kappa shape index (κ1) is 9.20. The quantitative estimate of drug-likeness (QED) is 0.706. The molecule has 0 aliphatic rings. The molecule has 0 unspecified atom stereocenters. The fourth-order valence-corrected chi connectivity index (χ4v) is 1.69. The van der Waals surface area contributed by atoms with Crippen LogP contribution in [0, 0.1) is 0 Å². The maximum absolute atomic E-state index is 5.67. The number of allylic oxidation sites excluding steroid dienone is 1. The molecule has 2 heteroatoms. The minimum absolute atomic E-state index is 0.820. The smallest absolute Gasteiger partial charge is 0.0320 e. The fourth-order valence-electron chi connectivity index (χ4n) is 1.09. The number of rotatable bonds is 2. The molecule has 1 nitrogen and oxygen atoms in total. The first-order valence-electron chi connectivity index (χ1n) is 3.84. The molecule has 1 rings (SSSR count). The summed E-state index contributed by atoms with van der Waals surface area (Å²) in [7, 11) is 0. The Hall–Kier alpha value is -0.890. The number of anilines is 1. The zero-order chi connectivity index (χ0) is 8.97. The van der Waals surface area contributed by atoms with Crippen LogP contribution in [-0.4, -0.2) is 6.26 Å². The lowest BCUT2D eigenvalue weighted by atomic mass is 10.2. The van der Waals surface area contributed by atoms with Gasteiger partial charge in [-0.2, -0.15) is 0 Å². The molecule has 0 saturated heterocycles. The third-order valence-electron chi connectivity index (χ3n) is 1.65. The molecular formula is C10H13NS. The Balaban J connectivity index is 3.02. The number of hydrogen-bond acceptors (Lipinski definition) is 2. The summed E-state index contributed by atoms with van der Waals surface area (Å²) in [5.41, 5.74) is 7.69. The van der Waals surface area contributed by atoms with Crippen LogP contribution in [-0.2, 0) is 0 Å². The van der Waals surface area contributed by atoms with Crippen molar-refractivity contribution in [3.8, 4) is 0 Å². The Kier molecular flexibility index (Phi) is 3.23. The van der Waals surface area contributed by atoms with E-state index in [1.165, 1.54) is 10.5 Å². The van der Waals surface area contributed by atoms with E-state index in [0.717, 1.165) is 5.69 Å². The van der Waals surface area contributed by atoms with Crippen molar-refractivity contribution in [2.75, 3.05) is 12.0 Å². The lowest BCUT2D eigenvalue weighted by molar-refractivity contribution is 1.62. The Morgan fingerprint density at radius 1 is 1.50 bits per heavy atom. The predicted octanol–water partition coefficient (Wildman–Crippen LogP) is 2.99. The van der Waals surface area contributed by atoms with E-state index in [4.69, 9.17) is 5.73 Å². The van der Waals surface area contributed by atoms with Crippen molar-refractivity contribution in [1.29, 1.82) is 0 Å². The predicted molar refractivity (Wildman–Crippen MR) is 58.0 cm³/mol. The molecule has 0 atom stereocenters. The van der Waals surface area contributed by atoms with Crippen molar-refractivity contribution in [2.45, 2.75) is 6.92 Å². The highest BCUT2D eigenvalue weighted by Gasteiger charge is 1.97. The van der Waals surface area contributed by atoms with Crippen molar-refractivity contribution < 1.29 is 0 Å². The van der Waals surface area contributed by atoms with E-state index in [0.29, 0.717) is 0 Å². The average molecular weight is 179 g/mol. The van der Waals surface area contributed by atoms with Crippen molar-refractivity contribution in [3.63, 3.8) is 0 Å². The van der Waals surface area contributed by atoms with Gasteiger partial charge in [-0.25, -0.2) is 0 Å². The molecule has 0 radical (unpaired) electrons. The van der Waals surface area contributed by atoms with Gasteiger partial charge in [0, 0.05) is 10.6 Å². The normalized spacial score (nSPS) is 11.7. The number of nitrogen functional groups attached to an aromatic ring is 1. The van der Waals surface area contributed by atoms with Crippen LogP contribution >= 0.6 is 11.8 Å². The second kappa shape index (κ2) is 4.21. The van der Waals surface area contributed by atoms with Crippen LogP contribution in [0.1, 0.15) is 12.5 Å². The summed E-state index contributed by atoms with van der Waals surface area (Å²) in [5.74, 6) is 0. The van der Waals surface area contributed by atoms with Crippen LogP contribution < -0.4 is 5.73 Å². The minimum Gasteiger partial charge on any atom is -0.399 e. The first-order chi connectivity index (χ1) is 5.77. The summed E-state index contributed by atoms with van der Waals surface area (Å²) in [5, 5.41) is 0. The van der Waals surface area contributed by atoms with E-state index in [-0.39, 0.29) is 0 Å². The summed E-state index contributed by atoms with van der Waals surface area (Å²) < 4.78 is 0. The van der Waals surface area contributed by atoms with E-state index in [2.05, 4.69) is 18.4 Å². The minimum atomic E-state index is 0.820. The SMILES string of the molecule is C/C=C(\SC)c1cccc(N)c1. The van der Waals surface area contributed by atoms with E-state index >= 15 is 0 Å². The van der Waals surface area contributed by atoms with Crippen LogP contribution in [0.4, 0.5) is 5.69 Å². The van der Waals surface area contributed by atoms with E-state index in [9.17, 15) is 0 Å². The number of thioether (sulfide) groups is 1. The Morgan fingerprint density at radius 2 is 2.25 bits per heavy atom. The van der Waals surface area contributed by atoms with Gasteiger partial charge in [0.25, 0.3) is 0 Å². The van der Waals surface area contributed by atoms with Gasteiger partial charge in [-0.3, -0.25) is 0 Å². The van der Waals surface area contributed by atoms with Crippen molar-refractivity contribution >= 4 is 22.4 Å². The van der Waals surface area contributed by atoms with Gasteiger partial charge in [-0.05, 0) is 30.9 Å². The number of benzene rings is 1. The second-order valence-electron chi connectivity index (χ2n) is 2.48. The zero-order valence-corrected chi connectivity index (χ0v) is 8.19. The Bertz CT molecular complexity index is 292. The molecule has 0 aliphatic heterocycles. The molecule has 12 heavy (non-hydrogen) atoms. The van der Waals surface area contributed by atoms with Crippen molar-refractivity contribution in [2.24, 2.45) is 0 Å². The van der Waals surface area contributed by atoms with Gasteiger partial charge >= 0.3 is 0 Å². The molecule has 0 heterocycles. The zero-order valence-electron chi connectivity index (χ0n) is 7.37. The fraction of sp³-hybridized carbons (Fsp3) is 0.200. The van der Waals surface area contributed by atoms with E-state index in [1.54, 1.807) is 11.8 Å². The lowest BCUT2D eigenvalue weighted by Gasteiger charge is -2.03. The largest absolute Gasteiger partial charge is 0.399 e. The Labute approximate surface area is 77.7 Å². The summed E-state index contributed by atoms with van der Waals surface area (Å²) in [6, 6.07) is 7.94. The monoisotopic (exact) mass is 179 g/mol. The molecule has 0 fully saturated rings. The molecule has 0 amide bonds. The topological polar surface area (TPSA) is 26.0 Å². The summed E-state index contributed by atoms with van der Waals surface area (Å²) in [6.07, 6.45) is 4.16. The van der Waals surface area contributed by atoms with Crippen molar-refractivity contribution in [3.05, 3.63) is 35.9 Å². The summed E-state index contributed by atoms with van der Waals surface area (Å²) >= 11 is 1.74. The Morgan fingerprint density at radius 3 is 2.75 bits per heavy atom. The van der Waals surface area contributed by atoms with Crippen LogP contribution in [0.2, 0.25) is 0 Å². The summed E-state index contributed by atoms with van der Waals surface area (Å²) in [4.78, 5) is 1.27. The molecule has 0 aromatic heterocycles. The van der Waals surface area contributed by atoms with E-state index < -0.39 is 0 Å². The van der Waals surface area contributed by atoms with Crippen molar-refractivity contribution in [1.82, 2.24) is 0 Å². The molecule has 0 spiro atoms. The van der Waals surface area contributed by atoms with E-state index in [1.807, 2.05) is 25.1 Å². The van der Waals surface area contributed by atoms with Crippen LogP contribution in [0.3, 0.4) is 0 Å². The molecule has 1 aromatic carbocycles. The maximum atomic E-state index is 5.67. The standard InChI is InChI=1S/C10H13NS/c1-3-10(12-2)8-5-4-6-9(11)7-8/h3-7H,11H2,1-2H3/b10-3-. The highest BCUT2D eigenvalue weighted by molar-refractivity contribution is 8.07. The molecule has 2 N–H and O–H groups in total. The molecule has 0 aliphatic carbocycles. The highest BCUT2D eigenvalue weighted by Crippen LogP contribution is 2.25. The van der Waals surface area contributed by atoms with Crippen LogP contribution in [0.25, 0.3) is 4.91 Å². The third-order valence-corrected chi connectivity index (χ3v) is 2.56. The molecule has 1 aromatic rings. The summed E-state index contributed by atoms with van der Waals surface area (Å²) in [6.45, 7) is 2.04. The van der Waals surface area contributed by atoms with Gasteiger partial charge in [0.2, 0.25) is 0 Å². The van der Waals surface area contributed by atoms with Gasteiger partial charge in [-0.1, -0.05) is 18.2 Å². The molecular weight excluding hydrogens is 166 g/mol. The van der Waals surface area contributed by atoms with Gasteiger partial charge in [0.05, 0.1) is 0 Å². The van der Waals surface area contributed by atoms with Gasteiger partial charge in [-0.15, -0.1) is 11.8 Å². The lowest BCUT2D eigenvalue weighted by Crippen LogP contribution is -1.86. The number of nitrogens with two attached hydrogens (primary N) is 1. The number of hydrogen-bond donors (Lipinski definition) is 1. The third kappa shape index (κ3) is 2.05. The molecule has 0 bridgehead atoms. The highest BCUT2D eigenvalue weighted by atomic mass is 32.2. The molecule has 64 valence electrons. The van der Waals surface area contributed by atoms with Gasteiger partial charge in [0.15, 0.2) is 0 Å². The molecule has 0 saturated carbocycles. The second-order valence-corrected chi connectivity index (χ2v) is 3.33.